The topological polar surface area (TPSA) is 48.7 Å². The molecule has 0 radical (unpaired) electrons. The number of methoxy groups -OCH3 is 1. The Morgan fingerprint density at radius 3 is 2.39 bits per heavy atom. The Bertz CT molecular complexity index is 1250. The van der Waals surface area contributed by atoms with Crippen molar-refractivity contribution in [3.8, 4) is 22.8 Å². The minimum Gasteiger partial charge on any atom is -0.469 e. The molecule has 0 saturated heterocycles. The first-order valence-electron chi connectivity index (χ1n) is 9.71. The van der Waals surface area contributed by atoms with Crippen LogP contribution in [0, 0.1) is 6.92 Å². The fraction of sp³-hybridized carbons (Fsp3) is 0.160. The van der Waals surface area contributed by atoms with E-state index in [1.165, 1.54) is 7.11 Å². The number of aryl methyl sites for hydroxylation is 1. The Morgan fingerprint density at radius 1 is 1.00 bits per heavy atom. The Hall–Kier alpha value is -2.57. The third-order valence-electron chi connectivity index (χ3n) is 5.19. The van der Waals surface area contributed by atoms with Gasteiger partial charge in [0.1, 0.15) is 17.1 Å². The van der Waals surface area contributed by atoms with Gasteiger partial charge in [-0.2, -0.15) is 0 Å². The van der Waals surface area contributed by atoms with Crippen molar-refractivity contribution in [3.05, 3.63) is 80.7 Å². The average Bonchev–Trinajstić information content (AvgIpc) is 3.18. The molecule has 4 nitrogen and oxygen atoms in total. The summed E-state index contributed by atoms with van der Waals surface area (Å²) in [7, 11) is 1.39. The van der Waals surface area contributed by atoms with Gasteiger partial charge >= 0.3 is 5.97 Å². The third kappa shape index (κ3) is 4.41. The van der Waals surface area contributed by atoms with Crippen LogP contribution in [0.15, 0.2) is 74.0 Å². The Labute approximate surface area is 197 Å². The molecule has 1 aromatic heterocycles. The van der Waals surface area contributed by atoms with Crippen LogP contribution in [0.25, 0.3) is 22.3 Å². The lowest BCUT2D eigenvalue weighted by molar-refractivity contribution is -0.141. The fourth-order valence-corrected chi connectivity index (χ4v) is 4.81. The van der Waals surface area contributed by atoms with Crippen molar-refractivity contribution in [1.29, 1.82) is 0 Å². The fourth-order valence-electron chi connectivity index (χ4n) is 3.42. The molecule has 4 rings (SSSR count). The molecule has 0 aliphatic carbocycles. The number of hydrogen-bond donors (Lipinski definition) is 0. The third-order valence-corrected chi connectivity index (χ3v) is 6.37. The molecular formula is C25H20Br2O4. The van der Waals surface area contributed by atoms with Gasteiger partial charge < -0.3 is 13.9 Å². The molecule has 1 heterocycles. The van der Waals surface area contributed by atoms with Crippen LogP contribution in [0.5, 0.6) is 11.5 Å². The van der Waals surface area contributed by atoms with Gasteiger partial charge in [-0.1, -0.05) is 24.3 Å². The largest absolute Gasteiger partial charge is 0.469 e. The predicted molar refractivity (Wildman–Crippen MR) is 129 cm³/mol. The molecule has 4 aromatic rings. The van der Waals surface area contributed by atoms with Crippen LogP contribution in [0.3, 0.4) is 0 Å². The van der Waals surface area contributed by atoms with Gasteiger partial charge in [-0.05, 0) is 93.2 Å². The van der Waals surface area contributed by atoms with Gasteiger partial charge in [-0.3, -0.25) is 4.79 Å². The maximum Gasteiger partial charge on any atom is 0.312 e. The number of ether oxygens (including phenoxy) is 2. The molecule has 0 fully saturated rings. The number of benzene rings is 3. The van der Waals surface area contributed by atoms with E-state index < -0.39 is 0 Å². The van der Waals surface area contributed by atoms with Crippen LogP contribution in [-0.2, 0) is 9.53 Å². The summed E-state index contributed by atoms with van der Waals surface area (Å²) in [6.07, 6.45) is 0. The Balaban J connectivity index is 1.64. The number of rotatable bonds is 5. The smallest absolute Gasteiger partial charge is 0.312 e. The van der Waals surface area contributed by atoms with Crippen LogP contribution in [-0.4, -0.2) is 13.1 Å². The van der Waals surface area contributed by atoms with Crippen molar-refractivity contribution in [1.82, 2.24) is 0 Å². The van der Waals surface area contributed by atoms with Crippen molar-refractivity contribution in [2.75, 3.05) is 7.11 Å². The summed E-state index contributed by atoms with van der Waals surface area (Å²) in [5.74, 6) is 1.47. The molecule has 0 amide bonds. The summed E-state index contributed by atoms with van der Waals surface area (Å²) in [5.41, 5.74) is 3.85. The molecule has 3 aromatic carbocycles. The monoisotopic (exact) mass is 542 g/mol. The lowest BCUT2D eigenvalue weighted by Gasteiger charge is -2.15. The van der Waals surface area contributed by atoms with Crippen molar-refractivity contribution >= 4 is 48.8 Å². The van der Waals surface area contributed by atoms with E-state index in [-0.39, 0.29) is 11.9 Å². The number of hydrogen-bond acceptors (Lipinski definition) is 4. The molecule has 0 N–H and O–H groups in total. The highest BCUT2D eigenvalue weighted by molar-refractivity contribution is 9.11. The Morgan fingerprint density at radius 2 is 1.71 bits per heavy atom. The first kappa shape index (κ1) is 21.7. The van der Waals surface area contributed by atoms with Gasteiger partial charge in [-0.25, -0.2) is 0 Å². The maximum atomic E-state index is 11.9. The van der Waals surface area contributed by atoms with E-state index in [1.54, 1.807) is 6.92 Å². The maximum absolute atomic E-state index is 11.9. The molecule has 0 aliphatic rings. The van der Waals surface area contributed by atoms with Crippen molar-refractivity contribution in [2.24, 2.45) is 0 Å². The minimum absolute atomic E-state index is 0.290. The van der Waals surface area contributed by atoms with E-state index in [9.17, 15) is 4.79 Å². The van der Waals surface area contributed by atoms with E-state index in [4.69, 9.17) is 13.9 Å². The molecule has 0 bridgehead atoms. The predicted octanol–water partition coefficient (Wildman–Crippen LogP) is 8.00. The zero-order valence-corrected chi connectivity index (χ0v) is 20.4. The average molecular weight is 544 g/mol. The number of furan rings is 1. The highest BCUT2D eigenvalue weighted by atomic mass is 79.9. The standard InChI is InChI=1S/C25H20Br2O4/c1-14-6-4-5-7-19(14)23-13-17-10-18(8-9-22(17)31-23)30-24-20(26)11-16(12-21(24)27)15(2)25(28)29-3/h4-13,15H,1-3H3. The van der Waals surface area contributed by atoms with Crippen LogP contribution >= 0.6 is 31.9 Å². The Kier molecular flexibility index (Phi) is 6.21. The molecule has 0 saturated carbocycles. The zero-order valence-electron chi connectivity index (χ0n) is 17.2. The van der Waals surface area contributed by atoms with Gasteiger partial charge in [0.2, 0.25) is 0 Å². The molecular weight excluding hydrogens is 524 g/mol. The molecule has 31 heavy (non-hydrogen) atoms. The summed E-state index contributed by atoms with van der Waals surface area (Å²) in [5, 5.41) is 0.957. The van der Waals surface area contributed by atoms with Gasteiger partial charge in [-0.15, -0.1) is 0 Å². The van der Waals surface area contributed by atoms with E-state index >= 15 is 0 Å². The van der Waals surface area contributed by atoms with Gasteiger partial charge in [0.15, 0.2) is 5.75 Å². The van der Waals surface area contributed by atoms with Gasteiger partial charge in [0, 0.05) is 10.9 Å². The number of fused-ring (bicyclic) bond motifs is 1. The summed E-state index contributed by atoms with van der Waals surface area (Å²) >= 11 is 7.12. The number of carbonyl (C=O) groups excluding carboxylic acids is 1. The second kappa shape index (κ2) is 8.89. The molecule has 158 valence electrons. The van der Waals surface area contributed by atoms with Crippen molar-refractivity contribution in [2.45, 2.75) is 19.8 Å². The summed E-state index contributed by atoms with van der Waals surface area (Å²) < 4.78 is 18.5. The van der Waals surface area contributed by atoms with Gasteiger partial charge in [0.05, 0.1) is 22.0 Å². The lowest BCUT2D eigenvalue weighted by atomic mass is 10.0. The molecule has 0 spiro atoms. The highest BCUT2D eigenvalue weighted by Crippen LogP contribution is 2.40. The van der Waals surface area contributed by atoms with Crippen LogP contribution in [0.2, 0.25) is 0 Å². The summed E-state index contributed by atoms with van der Waals surface area (Å²) in [6.45, 7) is 3.87. The highest BCUT2D eigenvalue weighted by Gasteiger charge is 2.20. The molecule has 1 unspecified atom stereocenters. The first-order valence-corrected chi connectivity index (χ1v) is 11.3. The van der Waals surface area contributed by atoms with E-state index in [1.807, 2.05) is 48.5 Å². The van der Waals surface area contributed by atoms with Crippen LogP contribution < -0.4 is 4.74 Å². The minimum atomic E-state index is -0.381. The molecule has 6 heteroatoms. The van der Waals surface area contributed by atoms with Crippen LogP contribution in [0.1, 0.15) is 24.0 Å². The molecule has 0 aliphatic heterocycles. The number of carbonyl (C=O) groups is 1. The lowest BCUT2D eigenvalue weighted by Crippen LogP contribution is -2.10. The number of halogens is 2. The van der Waals surface area contributed by atoms with E-state index in [0.29, 0.717) is 11.5 Å². The summed E-state index contributed by atoms with van der Waals surface area (Å²) in [6, 6.07) is 19.6. The zero-order chi connectivity index (χ0) is 22.1. The van der Waals surface area contributed by atoms with E-state index in [0.717, 1.165) is 42.4 Å². The summed E-state index contributed by atoms with van der Waals surface area (Å²) in [4.78, 5) is 11.9. The number of esters is 1. The van der Waals surface area contributed by atoms with Gasteiger partial charge in [0.25, 0.3) is 0 Å². The first-order chi connectivity index (χ1) is 14.9. The quantitative estimate of drug-likeness (QED) is 0.239. The SMILES string of the molecule is COC(=O)C(C)c1cc(Br)c(Oc2ccc3oc(-c4ccccc4C)cc3c2)c(Br)c1. The second-order valence-corrected chi connectivity index (χ2v) is 8.99. The second-order valence-electron chi connectivity index (χ2n) is 7.29. The normalized spacial score (nSPS) is 12.0. The van der Waals surface area contributed by atoms with Crippen molar-refractivity contribution < 1.29 is 18.7 Å². The molecule has 1 atom stereocenters. The van der Waals surface area contributed by atoms with Crippen molar-refractivity contribution in [3.63, 3.8) is 0 Å². The van der Waals surface area contributed by atoms with E-state index in [2.05, 4.69) is 50.9 Å². The van der Waals surface area contributed by atoms with Crippen LogP contribution in [0.4, 0.5) is 0 Å².